The Kier molecular flexibility index (Phi) is 5.54. The number of carbonyl (C=O) groups excluding carboxylic acids is 1. The van der Waals surface area contributed by atoms with E-state index < -0.39 is 16.0 Å². The van der Waals surface area contributed by atoms with Crippen LogP contribution in [0.15, 0.2) is 93.2 Å². The van der Waals surface area contributed by atoms with Gasteiger partial charge in [-0.05, 0) is 29.8 Å². The quantitative estimate of drug-likeness (QED) is 0.472. The highest BCUT2D eigenvalue weighted by atomic mass is 32.2. The molecule has 1 unspecified atom stereocenters. The Balaban J connectivity index is 1.45. The van der Waals surface area contributed by atoms with E-state index in [1.807, 2.05) is 54.6 Å². The summed E-state index contributed by atoms with van der Waals surface area (Å²) in [5.41, 5.74) is 3.96. The summed E-state index contributed by atoms with van der Waals surface area (Å²) in [6.45, 7) is 0. The third-order valence-electron chi connectivity index (χ3n) is 5.46. The number of rotatable bonds is 5. The van der Waals surface area contributed by atoms with Gasteiger partial charge in [0.15, 0.2) is 21.8 Å². The molecule has 8 nitrogen and oxygen atoms in total. The number of hydrogen-bond acceptors (Lipinski definition) is 8. The zero-order valence-electron chi connectivity index (χ0n) is 18.2. The third kappa shape index (κ3) is 4.38. The predicted molar refractivity (Wildman–Crippen MR) is 127 cm³/mol. The molecular weight excluding hydrogens is 452 g/mol. The molecular formula is C25H20N4O4S. The Hall–Kier alpha value is -4.11. The smallest absolute Gasteiger partial charge is 0.317 e. The first-order valence-electron chi connectivity index (χ1n) is 10.5. The lowest BCUT2D eigenvalue weighted by atomic mass is 9.96. The number of aliphatic imine (C=N–C) groups is 1. The molecule has 34 heavy (non-hydrogen) atoms. The molecule has 3 aromatic carbocycles. The van der Waals surface area contributed by atoms with Crippen LogP contribution < -0.4 is 5.32 Å². The standard InChI is InChI=1S/C25H20N4O4S/c1-34(31,32)19-13-11-17(12-14-19)24-28-29-25(33-24)27-23-21(30)15-18-9-5-6-10-20(18)22(26-23)16-7-3-2-4-8-16/h2-14,23H,15H2,1H3,(H,27,29). The minimum atomic E-state index is -3.31. The van der Waals surface area contributed by atoms with Gasteiger partial charge in [0, 0.05) is 29.4 Å². The second kappa shape index (κ2) is 8.68. The molecule has 0 spiro atoms. The van der Waals surface area contributed by atoms with Crippen molar-refractivity contribution in [1.29, 1.82) is 0 Å². The predicted octanol–water partition coefficient (Wildman–Crippen LogP) is 3.54. The normalized spacial score (nSPS) is 15.9. The van der Waals surface area contributed by atoms with E-state index in [1.54, 1.807) is 12.1 Å². The van der Waals surface area contributed by atoms with Crippen LogP contribution in [-0.2, 0) is 21.1 Å². The lowest BCUT2D eigenvalue weighted by Gasteiger charge is -2.11. The first-order valence-corrected chi connectivity index (χ1v) is 12.4. The summed E-state index contributed by atoms with van der Waals surface area (Å²) < 4.78 is 29.0. The SMILES string of the molecule is CS(=O)(=O)c1ccc(-c2nnc(NC3N=C(c4ccccc4)c4ccccc4CC3=O)o2)cc1. The minimum absolute atomic E-state index is 0.0441. The van der Waals surface area contributed by atoms with Gasteiger partial charge in [0.1, 0.15) is 0 Å². The van der Waals surface area contributed by atoms with E-state index in [-0.39, 0.29) is 29.0 Å². The van der Waals surface area contributed by atoms with Crippen LogP contribution in [-0.4, -0.2) is 42.5 Å². The van der Waals surface area contributed by atoms with E-state index in [0.29, 0.717) is 11.3 Å². The Morgan fingerprint density at radius 2 is 1.59 bits per heavy atom. The van der Waals surface area contributed by atoms with Crippen molar-refractivity contribution < 1.29 is 17.6 Å². The maximum Gasteiger partial charge on any atom is 0.317 e. The Bertz CT molecular complexity index is 1490. The average molecular weight is 473 g/mol. The van der Waals surface area contributed by atoms with Crippen LogP contribution >= 0.6 is 0 Å². The number of aromatic nitrogens is 2. The van der Waals surface area contributed by atoms with Crippen molar-refractivity contribution >= 4 is 27.3 Å². The van der Waals surface area contributed by atoms with Gasteiger partial charge in [0.2, 0.25) is 5.89 Å². The summed E-state index contributed by atoms with van der Waals surface area (Å²) in [5, 5.41) is 11.0. The van der Waals surface area contributed by atoms with Crippen LogP contribution in [0, 0.1) is 0 Å². The van der Waals surface area contributed by atoms with Gasteiger partial charge in [0.05, 0.1) is 10.6 Å². The van der Waals surface area contributed by atoms with Crippen molar-refractivity contribution in [1.82, 2.24) is 10.2 Å². The van der Waals surface area contributed by atoms with E-state index in [1.165, 1.54) is 12.1 Å². The van der Waals surface area contributed by atoms with Crippen LogP contribution in [0.1, 0.15) is 16.7 Å². The summed E-state index contributed by atoms with van der Waals surface area (Å²) in [7, 11) is -3.31. The largest absolute Gasteiger partial charge is 0.403 e. The van der Waals surface area contributed by atoms with Crippen LogP contribution in [0.2, 0.25) is 0 Å². The van der Waals surface area contributed by atoms with Crippen molar-refractivity contribution in [3.8, 4) is 11.5 Å². The van der Waals surface area contributed by atoms with Gasteiger partial charge in [-0.1, -0.05) is 59.7 Å². The number of nitrogens with zero attached hydrogens (tertiary/aromatic N) is 3. The van der Waals surface area contributed by atoms with Crippen molar-refractivity contribution in [2.24, 2.45) is 4.99 Å². The Labute approximate surface area is 196 Å². The number of ketones is 1. The van der Waals surface area contributed by atoms with Crippen LogP contribution in [0.5, 0.6) is 0 Å². The van der Waals surface area contributed by atoms with Crippen LogP contribution in [0.4, 0.5) is 6.01 Å². The molecule has 1 atom stereocenters. The lowest BCUT2D eigenvalue weighted by molar-refractivity contribution is -0.119. The monoisotopic (exact) mass is 472 g/mol. The summed E-state index contributed by atoms with van der Waals surface area (Å²) in [4.78, 5) is 18.0. The van der Waals surface area contributed by atoms with Crippen molar-refractivity contribution in [2.45, 2.75) is 17.5 Å². The molecule has 5 rings (SSSR count). The summed E-state index contributed by atoms with van der Waals surface area (Å²) in [5.74, 6) is 0.0646. The Morgan fingerprint density at radius 1 is 0.882 bits per heavy atom. The topological polar surface area (TPSA) is 115 Å². The van der Waals surface area contributed by atoms with Gasteiger partial charge in [-0.3, -0.25) is 9.79 Å². The molecule has 0 radical (unpaired) electrons. The molecule has 1 N–H and O–H groups in total. The first-order chi connectivity index (χ1) is 16.4. The fourth-order valence-corrected chi connectivity index (χ4v) is 4.39. The molecule has 170 valence electrons. The molecule has 0 amide bonds. The lowest BCUT2D eigenvalue weighted by Crippen LogP contribution is -2.29. The second-order valence-electron chi connectivity index (χ2n) is 7.90. The van der Waals surface area contributed by atoms with E-state index in [4.69, 9.17) is 9.41 Å². The number of carbonyl (C=O) groups is 1. The van der Waals surface area contributed by atoms with E-state index in [0.717, 1.165) is 22.9 Å². The van der Waals surface area contributed by atoms with E-state index in [2.05, 4.69) is 15.5 Å². The number of hydrogen-bond donors (Lipinski definition) is 1. The number of fused-ring (bicyclic) bond motifs is 1. The highest BCUT2D eigenvalue weighted by Gasteiger charge is 2.27. The molecule has 0 bridgehead atoms. The fraction of sp³-hybridized carbons (Fsp3) is 0.120. The van der Waals surface area contributed by atoms with E-state index in [9.17, 15) is 13.2 Å². The van der Waals surface area contributed by atoms with Crippen LogP contribution in [0.25, 0.3) is 11.5 Å². The Morgan fingerprint density at radius 3 is 2.32 bits per heavy atom. The number of sulfone groups is 1. The average Bonchev–Trinajstić information content (AvgIpc) is 3.25. The van der Waals surface area contributed by atoms with Crippen LogP contribution in [0.3, 0.4) is 0 Å². The third-order valence-corrected chi connectivity index (χ3v) is 6.59. The first kappa shape index (κ1) is 21.7. The molecule has 0 saturated carbocycles. The molecule has 1 aliphatic rings. The molecule has 1 aromatic heterocycles. The maximum absolute atomic E-state index is 13.1. The second-order valence-corrected chi connectivity index (χ2v) is 9.92. The van der Waals surface area contributed by atoms with Crippen molar-refractivity contribution in [3.05, 3.63) is 95.6 Å². The zero-order valence-corrected chi connectivity index (χ0v) is 19.0. The molecule has 1 aliphatic heterocycles. The van der Waals surface area contributed by atoms with Gasteiger partial charge in [0.25, 0.3) is 0 Å². The fourth-order valence-electron chi connectivity index (χ4n) is 3.76. The van der Waals surface area contributed by atoms with Crippen molar-refractivity contribution in [3.63, 3.8) is 0 Å². The molecule has 0 aliphatic carbocycles. The minimum Gasteiger partial charge on any atom is -0.403 e. The number of Topliss-reactive ketones (excluding diaryl/α,β-unsaturated/α-hetero) is 1. The zero-order chi connectivity index (χ0) is 23.7. The van der Waals surface area contributed by atoms with E-state index >= 15 is 0 Å². The van der Waals surface area contributed by atoms with Crippen molar-refractivity contribution in [2.75, 3.05) is 11.6 Å². The number of nitrogens with one attached hydrogen (secondary N) is 1. The van der Waals surface area contributed by atoms with Gasteiger partial charge < -0.3 is 9.73 Å². The molecule has 2 heterocycles. The summed E-state index contributed by atoms with van der Waals surface area (Å²) >= 11 is 0. The van der Waals surface area contributed by atoms with Gasteiger partial charge in [-0.15, -0.1) is 5.10 Å². The van der Waals surface area contributed by atoms with Gasteiger partial charge in [-0.25, -0.2) is 8.42 Å². The molecule has 0 saturated heterocycles. The van der Waals surface area contributed by atoms with Gasteiger partial charge >= 0.3 is 6.01 Å². The molecule has 4 aromatic rings. The maximum atomic E-state index is 13.1. The molecule has 9 heteroatoms. The highest BCUT2D eigenvalue weighted by Crippen LogP contribution is 2.25. The summed E-state index contributed by atoms with van der Waals surface area (Å²) in [6.07, 6.45) is 0.438. The number of anilines is 1. The van der Waals surface area contributed by atoms with Gasteiger partial charge in [-0.2, -0.15) is 0 Å². The number of benzene rings is 3. The molecule has 0 fully saturated rings. The highest BCUT2D eigenvalue weighted by molar-refractivity contribution is 7.90. The summed E-state index contributed by atoms with van der Waals surface area (Å²) in [6, 6.07) is 23.6.